The highest BCUT2D eigenvalue weighted by atomic mass is 16.4. The van der Waals surface area contributed by atoms with Crippen LogP contribution >= 0.6 is 0 Å². The molecule has 8 nitrogen and oxygen atoms in total. The second-order valence-electron chi connectivity index (χ2n) is 5.29. The number of urea groups is 1. The summed E-state index contributed by atoms with van der Waals surface area (Å²) in [4.78, 5) is 38.0. The number of nitrogens with zero attached hydrogens (tertiary/aromatic N) is 2. The number of aliphatic hydroxyl groups is 1. The SMILES string of the molecule is CN1CCN(C(=O)N[C@@H](CCO)C(=O)O)C(C)(C)C1=O. The minimum atomic E-state index is -1.22. The van der Waals surface area contributed by atoms with Crippen molar-refractivity contribution in [2.75, 3.05) is 26.7 Å². The van der Waals surface area contributed by atoms with Crippen molar-refractivity contribution >= 4 is 17.9 Å². The van der Waals surface area contributed by atoms with E-state index in [9.17, 15) is 14.4 Å². The average Bonchev–Trinajstić information content (AvgIpc) is 2.35. The maximum absolute atomic E-state index is 12.2. The average molecular weight is 287 g/mol. The van der Waals surface area contributed by atoms with E-state index < -0.39 is 23.6 Å². The van der Waals surface area contributed by atoms with E-state index in [0.29, 0.717) is 13.1 Å². The van der Waals surface area contributed by atoms with Crippen molar-refractivity contribution in [2.45, 2.75) is 31.8 Å². The number of hydrogen-bond acceptors (Lipinski definition) is 4. The van der Waals surface area contributed by atoms with E-state index in [0.717, 1.165) is 0 Å². The third kappa shape index (κ3) is 3.19. The molecule has 3 N–H and O–H groups in total. The number of aliphatic carboxylic acids is 1. The number of aliphatic hydroxyl groups excluding tert-OH is 1. The van der Waals surface area contributed by atoms with E-state index in [4.69, 9.17) is 10.2 Å². The van der Waals surface area contributed by atoms with Crippen LogP contribution in [0.1, 0.15) is 20.3 Å². The lowest BCUT2D eigenvalue weighted by molar-refractivity contribution is -0.144. The summed E-state index contributed by atoms with van der Waals surface area (Å²) in [6.07, 6.45) is -0.0802. The van der Waals surface area contributed by atoms with E-state index in [2.05, 4.69) is 5.32 Å². The lowest BCUT2D eigenvalue weighted by Crippen LogP contribution is -2.66. The molecule has 1 fully saturated rings. The van der Waals surface area contributed by atoms with Crippen LogP contribution in [0, 0.1) is 0 Å². The van der Waals surface area contributed by atoms with Gasteiger partial charge in [-0.1, -0.05) is 0 Å². The largest absolute Gasteiger partial charge is 0.480 e. The van der Waals surface area contributed by atoms with Crippen LogP contribution in [-0.4, -0.2) is 76.2 Å². The quantitative estimate of drug-likeness (QED) is 0.619. The molecule has 0 unspecified atom stereocenters. The Morgan fingerprint density at radius 1 is 1.40 bits per heavy atom. The van der Waals surface area contributed by atoms with Crippen LogP contribution in [0.3, 0.4) is 0 Å². The van der Waals surface area contributed by atoms with E-state index in [1.54, 1.807) is 20.9 Å². The van der Waals surface area contributed by atoms with Crippen LogP contribution in [-0.2, 0) is 9.59 Å². The number of hydrogen-bond donors (Lipinski definition) is 3. The molecule has 0 bridgehead atoms. The molecule has 1 saturated heterocycles. The zero-order chi connectivity index (χ0) is 15.5. The molecule has 20 heavy (non-hydrogen) atoms. The van der Waals surface area contributed by atoms with Gasteiger partial charge in [0, 0.05) is 33.2 Å². The number of piperazine rings is 1. The summed E-state index contributed by atoms with van der Waals surface area (Å²) in [5.74, 6) is -1.42. The molecule has 114 valence electrons. The Morgan fingerprint density at radius 2 is 2.00 bits per heavy atom. The Kier molecular flexibility index (Phi) is 4.93. The summed E-state index contributed by atoms with van der Waals surface area (Å²) in [7, 11) is 1.66. The van der Waals surface area contributed by atoms with Crippen molar-refractivity contribution in [3.8, 4) is 0 Å². The lowest BCUT2D eigenvalue weighted by Gasteiger charge is -2.44. The highest BCUT2D eigenvalue weighted by molar-refractivity contribution is 5.92. The van der Waals surface area contributed by atoms with Crippen molar-refractivity contribution in [3.05, 3.63) is 0 Å². The first-order valence-electron chi connectivity index (χ1n) is 6.39. The third-order valence-corrected chi connectivity index (χ3v) is 3.46. The number of carbonyl (C=O) groups excluding carboxylic acids is 2. The molecule has 8 heteroatoms. The molecule has 1 heterocycles. The molecular formula is C12H21N3O5. The number of carboxylic acids is 1. The second-order valence-corrected chi connectivity index (χ2v) is 5.29. The van der Waals surface area contributed by atoms with E-state index in [1.165, 1.54) is 9.80 Å². The van der Waals surface area contributed by atoms with Gasteiger partial charge in [-0.05, 0) is 13.8 Å². The minimum Gasteiger partial charge on any atom is -0.480 e. The summed E-state index contributed by atoms with van der Waals surface area (Å²) in [5, 5.41) is 20.1. The van der Waals surface area contributed by atoms with E-state index in [1.807, 2.05) is 0 Å². The zero-order valence-corrected chi connectivity index (χ0v) is 11.9. The van der Waals surface area contributed by atoms with Gasteiger partial charge >= 0.3 is 12.0 Å². The smallest absolute Gasteiger partial charge is 0.326 e. The van der Waals surface area contributed by atoms with Crippen LogP contribution in [0.2, 0.25) is 0 Å². The van der Waals surface area contributed by atoms with Crippen LogP contribution in [0.25, 0.3) is 0 Å². The number of carboxylic acid groups (broad SMARTS) is 1. The first kappa shape index (κ1) is 16.2. The van der Waals surface area contributed by atoms with Crippen molar-refractivity contribution in [2.24, 2.45) is 0 Å². The fraction of sp³-hybridized carbons (Fsp3) is 0.750. The topological polar surface area (TPSA) is 110 Å². The fourth-order valence-corrected chi connectivity index (χ4v) is 2.18. The normalized spacial score (nSPS) is 19.7. The molecule has 1 atom stereocenters. The zero-order valence-electron chi connectivity index (χ0n) is 11.9. The van der Waals surface area contributed by atoms with Gasteiger partial charge in [-0.25, -0.2) is 9.59 Å². The highest BCUT2D eigenvalue weighted by Crippen LogP contribution is 2.21. The Morgan fingerprint density at radius 3 is 2.50 bits per heavy atom. The Balaban J connectivity index is 2.81. The van der Waals surface area contributed by atoms with Crippen LogP contribution in [0.15, 0.2) is 0 Å². The van der Waals surface area contributed by atoms with Gasteiger partial charge < -0.3 is 25.3 Å². The van der Waals surface area contributed by atoms with Crippen molar-refractivity contribution in [1.82, 2.24) is 15.1 Å². The number of likely N-dealkylation sites (N-methyl/N-ethyl adjacent to an activating group) is 1. The van der Waals surface area contributed by atoms with Crippen molar-refractivity contribution < 1.29 is 24.6 Å². The molecule has 0 aliphatic carbocycles. The van der Waals surface area contributed by atoms with E-state index >= 15 is 0 Å². The second kappa shape index (κ2) is 6.08. The standard InChI is InChI=1S/C12H21N3O5/c1-12(2)10(19)14(3)5-6-15(12)11(20)13-8(4-7-16)9(17)18/h8,16H,4-7H2,1-3H3,(H,13,20)(H,17,18)/t8-/m0/s1. The molecule has 1 aliphatic rings. The highest BCUT2D eigenvalue weighted by Gasteiger charge is 2.43. The maximum Gasteiger partial charge on any atom is 0.326 e. The molecular weight excluding hydrogens is 266 g/mol. The summed E-state index contributed by atoms with van der Waals surface area (Å²) in [6, 6.07) is -1.78. The molecule has 0 aromatic rings. The number of nitrogens with one attached hydrogen (secondary N) is 1. The molecule has 1 aliphatic heterocycles. The summed E-state index contributed by atoms with van der Waals surface area (Å²) < 4.78 is 0. The van der Waals surface area contributed by atoms with Crippen LogP contribution in [0.5, 0.6) is 0 Å². The van der Waals surface area contributed by atoms with Gasteiger partial charge in [0.15, 0.2) is 0 Å². The molecule has 1 rings (SSSR count). The molecule has 0 saturated carbocycles. The molecule has 3 amide bonds. The van der Waals surface area contributed by atoms with Gasteiger partial charge in [-0.3, -0.25) is 4.79 Å². The predicted molar refractivity (Wildman–Crippen MR) is 70.1 cm³/mol. The lowest BCUT2D eigenvalue weighted by atomic mass is 9.98. The number of rotatable bonds is 4. The first-order valence-corrected chi connectivity index (χ1v) is 6.39. The number of amides is 3. The summed E-state index contributed by atoms with van der Waals surface area (Å²) in [5.41, 5.74) is -1.03. The molecule has 0 spiro atoms. The number of carbonyl (C=O) groups is 3. The van der Waals surface area contributed by atoms with Gasteiger partial charge in [-0.15, -0.1) is 0 Å². The summed E-state index contributed by atoms with van der Waals surface area (Å²) >= 11 is 0. The Hall–Kier alpha value is -1.83. The van der Waals surface area contributed by atoms with Gasteiger partial charge in [0.25, 0.3) is 0 Å². The van der Waals surface area contributed by atoms with Gasteiger partial charge in [0.2, 0.25) is 5.91 Å². The van der Waals surface area contributed by atoms with Crippen LogP contribution in [0.4, 0.5) is 4.79 Å². The predicted octanol–water partition coefficient (Wildman–Crippen LogP) is -0.916. The van der Waals surface area contributed by atoms with Gasteiger partial charge in [0.1, 0.15) is 11.6 Å². The Labute approximate surface area is 117 Å². The summed E-state index contributed by atoms with van der Waals surface area (Å²) in [6.45, 7) is 3.61. The fourth-order valence-electron chi connectivity index (χ4n) is 2.18. The molecule has 0 aromatic carbocycles. The van der Waals surface area contributed by atoms with Gasteiger partial charge in [-0.2, -0.15) is 0 Å². The van der Waals surface area contributed by atoms with Crippen LogP contribution < -0.4 is 5.32 Å². The maximum atomic E-state index is 12.2. The Bertz CT molecular complexity index is 410. The third-order valence-electron chi connectivity index (χ3n) is 3.46. The van der Waals surface area contributed by atoms with Gasteiger partial charge in [0.05, 0.1) is 0 Å². The van der Waals surface area contributed by atoms with E-state index in [-0.39, 0.29) is 18.9 Å². The van der Waals surface area contributed by atoms with Crippen molar-refractivity contribution in [3.63, 3.8) is 0 Å². The molecule has 0 aromatic heterocycles. The molecule has 0 radical (unpaired) electrons. The van der Waals surface area contributed by atoms with Crippen molar-refractivity contribution in [1.29, 1.82) is 0 Å². The minimum absolute atomic E-state index is 0.0802. The first-order chi connectivity index (χ1) is 9.21. The monoisotopic (exact) mass is 287 g/mol.